The smallest absolute Gasteiger partial charge is 0.352 e. The molecule has 2 aliphatic rings. The van der Waals surface area contributed by atoms with Gasteiger partial charge in [0.25, 0.3) is 5.91 Å². The van der Waals surface area contributed by atoms with E-state index in [1.807, 2.05) is 6.92 Å². The quantitative estimate of drug-likeness (QED) is 0.429. The van der Waals surface area contributed by atoms with E-state index in [0.717, 1.165) is 9.35 Å². The lowest BCUT2D eigenvalue weighted by Gasteiger charge is -2.49. The van der Waals surface area contributed by atoms with Crippen LogP contribution in [0.3, 0.4) is 0 Å². The van der Waals surface area contributed by atoms with Crippen molar-refractivity contribution in [1.82, 2.24) is 30.2 Å². The van der Waals surface area contributed by atoms with Gasteiger partial charge in [0.05, 0.1) is 16.9 Å². The maximum Gasteiger partial charge on any atom is 0.352 e. The molecule has 10 nitrogen and oxygen atoms in total. The monoisotopic (exact) mass is 500 g/mol. The fourth-order valence-electron chi connectivity index (χ4n) is 3.22. The van der Waals surface area contributed by atoms with Crippen LogP contribution in [0, 0.1) is 13.8 Å². The number of fused-ring (bicyclic) bond motifs is 1. The van der Waals surface area contributed by atoms with Crippen molar-refractivity contribution in [2.75, 3.05) is 11.5 Å². The van der Waals surface area contributed by atoms with Crippen molar-refractivity contribution in [3.63, 3.8) is 0 Å². The van der Waals surface area contributed by atoms with Gasteiger partial charge in [-0.15, -0.1) is 22.0 Å². The van der Waals surface area contributed by atoms with Crippen LogP contribution in [0.1, 0.15) is 10.7 Å². The molecular weight excluding hydrogens is 484 g/mol. The average Bonchev–Trinajstić information content (AvgIpc) is 3.29. The van der Waals surface area contributed by atoms with Crippen LogP contribution in [0.25, 0.3) is 0 Å². The second-order valence-corrected chi connectivity index (χ2v) is 10.7. The molecule has 0 saturated carbocycles. The van der Waals surface area contributed by atoms with Gasteiger partial charge in [0.1, 0.15) is 28.7 Å². The number of nitrogens with zero attached hydrogens (tertiary/aromatic N) is 5. The van der Waals surface area contributed by atoms with Crippen LogP contribution in [0.15, 0.2) is 21.8 Å². The Balaban J connectivity index is 1.43. The van der Waals surface area contributed by atoms with Crippen LogP contribution < -0.4 is 5.32 Å². The Morgan fingerprint density at radius 1 is 1.39 bits per heavy atom. The number of halogens is 1. The van der Waals surface area contributed by atoms with E-state index in [-0.39, 0.29) is 12.2 Å². The van der Waals surface area contributed by atoms with E-state index in [4.69, 9.17) is 11.6 Å². The van der Waals surface area contributed by atoms with E-state index in [0.29, 0.717) is 27.8 Å². The van der Waals surface area contributed by atoms with Gasteiger partial charge in [-0.05, 0) is 19.4 Å². The van der Waals surface area contributed by atoms with E-state index in [1.54, 1.807) is 6.92 Å². The molecule has 0 unspecified atom stereocenters. The van der Waals surface area contributed by atoms with Gasteiger partial charge in [-0.25, -0.2) is 4.79 Å². The Morgan fingerprint density at radius 3 is 2.77 bits per heavy atom. The number of aryl methyl sites for hydroxylation is 1. The summed E-state index contributed by atoms with van der Waals surface area (Å²) >= 11 is 10.2. The first-order valence-corrected chi connectivity index (χ1v) is 12.3. The molecule has 2 amide bonds. The molecule has 14 heteroatoms. The molecule has 4 heterocycles. The first-order valence-electron chi connectivity index (χ1n) is 9.06. The maximum absolute atomic E-state index is 12.7. The topological polar surface area (TPSA) is 130 Å². The van der Waals surface area contributed by atoms with E-state index in [1.165, 1.54) is 50.6 Å². The van der Waals surface area contributed by atoms with Crippen molar-refractivity contribution in [3.8, 4) is 0 Å². The minimum Gasteiger partial charge on any atom is -0.477 e. The second kappa shape index (κ2) is 8.81. The summed E-state index contributed by atoms with van der Waals surface area (Å²) in [5.41, 5.74) is 1.28. The van der Waals surface area contributed by atoms with Crippen LogP contribution in [-0.4, -0.2) is 70.7 Å². The van der Waals surface area contributed by atoms with Crippen LogP contribution in [0.4, 0.5) is 0 Å². The minimum atomic E-state index is -1.16. The number of carboxylic acids is 1. The van der Waals surface area contributed by atoms with E-state index in [2.05, 4.69) is 20.6 Å². The van der Waals surface area contributed by atoms with Crippen molar-refractivity contribution >= 4 is 64.2 Å². The predicted molar refractivity (Wildman–Crippen MR) is 117 cm³/mol. The molecule has 0 spiro atoms. The Bertz CT molecular complexity index is 1100. The minimum absolute atomic E-state index is 0.0114. The molecule has 4 rings (SSSR count). The highest BCUT2D eigenvalue weighted by Gasteiger charge is 2.54. The van der Waals surface area contributed by atoms with Crippen LogP contribution in [0.5, 0.6) is 0 Å². The maximum atomic E-state index is 12.7. The molecule has 31 heavy (non-hydrogen) atoms. The Morgan fingerprint density at radius 2 is 2.16 bits per heavy atom. The van der Waals surface area contributed by atoms with Gasteiger partial charge >= 0.3 is 5.97 Å². The fourth-order valence-corrected chi connectivity index (χ4v) is 6.66. The summed E-state index contributed by atoms with van der Waals surface area (Å²) in [6.45, 7) is 3.51. The summed E-state index contributed by atoms with van der Waals surface area (Å²) in [7, 11) is 0. The molecule has 1 fully saturated rings. The van der Waals surface area contributed by atoms with Crippen molar-refractivity contribution in [1.29, 1.82) is 0 Å². The van der Waals surface area contributed by atoms with Crippen LogP contribution in [0.2, 0.25) is 5.02 Å². The standard InChI is InChI=1S/C17H17ClN6O4S3/c1-7-10(18)3-19-23(7)4-11(25)20-12-14(26)24-13(16(27)28)9(5-29-15(12)24)6-30-17-22-21-8(2)31-17/h3,12,15H,4-6H2,1-2H3,(H,20,25)(H,27,28)/t12-,15+/m0/s1. The number of amides is 2. The number of hydrogen-bond donors (Lipinski definition) is 2. The van der Waals surface area contributed by atoms with Gasteiger partial charge in [0.2, 0.25) is 5.91 Å². The number of β-lactam (4-membered cyclic amide) rings is 1. The summed E-state index contributed by atoms with van der Waals surface area (Å²) < 4.78 is 2.19. The van der Waals surface area contributed by atoms with Crippen molar-refractivity contribution in [3.05, 3.63) is 33.2 Å². The third-order valence-electron chi connectivity index (χ3n) is 4.78. The van der Waals surface area contributed by atoms with Crippen molar-refractivity contribution in [2.24, 2.45) is 0 Å². The first kappa shape index (κ1) is 22.1. The molecule has 2 atom stereocenters. The highest BCUT2D eigenvalue weighted by Crippen LogP contribution is 2.41. The number of carbonyl (C=O) groups excluding carboxylic acids is 2. The summed E-state index contributed by atoms with van der Waals surface area (Å²) in [4.78, 5) is 38.3. The zero-order chi connectivity index (χ0) is 22.3. The van der Waals surface area contributed by atoms with Gasteiger partial charge in [0.15, 0.2) is 4.34 Å². The van der Waals surface area contributed by atoms with Crippen molar-refractivity contribution < 1.29 is 19.5 Å². The van der Waals surface area contributed by atoms with Gasteiger partial charge < -0.3 is 10.4 Å². The predicted octanol–water partition coefficient (Wildman–Crippen LogP) is 1.54. The van der Waals surface area contributed by atoms with Crippen molar-refractivity contribution in [2.45, 2.75) is 36.1 Å². The molecule has 1 saturated heterocycles. The lowest BCUT2D eigenvalue weighted by molar-refractivity contribution is -0.150. The zero-order valence-electron chi connectivity index (χ0n) is 16.4. The highest BCUT2D eigenvalue weighted by atomic mass is 35.5. The summed E-state index contributed by atoms with van der Waals surface area (Å²) in [6, 6.07) is -0.779. The highest BCUT2D eigenvalue weighted by molar-refractivity contribution is 8.01. The SMILES string of the molecule is Cc1nnc(SCC2=C(C(=O)O)N3C(=O)[C@H](NC(=O)Cn4ncc(Cl)c4C)[C@H]3SC2)s1. The Labute approximate surface area is 194 Å². The fraction of sp³-hybridized carbons (Fsp3) is 0.412. The number of aliphatic carboxylic acids is 1. The first-order chi connectivity index (χ1) is 14.8. The number of aromatic nitrogens is 4. The third kappa shape index (κ3) is 4.31. The number of nitrogens with one attached hydrogen (secondary N) is 1. The number of carboxylic acid groups (broad SMARTS) is 1. The number of thioether (sulfide) groups is 2. The number of rotatable bonds is 7. The molecule has 2 aromatic rings. The second-order valence-electron chi connectivity index (χ2n) is 6.82. The molecule has 164 valence electrons. The van der Waals surface area contributed by atoms with E-state index < -0.39 is 29.2 Å². The average molecular weight is 501 g/mol. The molecule has 2 N–H and O–H groups in total. The number of carbonyl (C=O) groups is 3. The molecule has 2 aromatic heterocycles. The van der Waals surface area contributed by atoms with Gasteiger partial charge in [-0.2, -0.15) is 5.10 Å². The lowest BCUT2D eigenvalue weighted by Crippen LogP contribution is -2.70. The molecule has 0 aromatic carbocycles. The number of hydrogen-bond acceptors (Lipinski definition) is 9. The van der Waals surface area contributed by atoms with Gasteiger partial charge in [0, 0.05) is 11.5 Å². The lowest BCUT2D eigenvalue weighted by atomic mass is 10.0. The summed E-state index contributed by atoms with van der Waals surface area (Å²) in [6.07, 6.45) is 1.45. The summed E-state index contributed by atoms with van der Waals surface area (Å²) in [5.74, 6) is -1.14. The third-order valence-corrected chi connectivity index (χ3v) is 8.55. The van der Waals surface area contributed by atoms with Gasteiger partial charge in [-0.1, -0.05) is 34.7 Å². The van der Waals surface area contributed by atoms with Gasteiger partial charge in [-0.3, -0.25) is 19.2 Å². The Kier molecular flexibility index (Phi) is 6.28. The zero-order valence-corrected chi connectivity index (χ0v) is 19.6. The molecule has 0 radical (unpaired) electrons. The largest absolute Gasteiger partial charge is 0.477 e. The Hall–Kier alpha value is -2.09. The molecule has 0 bridgehead atoms. The van der Waals surface area contributed by atoms with E-state index in [9.17, 15) is 19.5 Å². The molecule has 2 aliphatic heterocycles. The van der Waals surface area contributed by atoms with Crippen LogP contribution in [-0.2, 0) is 20.9 Å². The van der Waals surface area contributed by atoms with Crippen LogP contribution >= 0.6 is 46.5 Å². The summed E-state index contributed by atoms with van der Waals surface area (Å²) in [5, 5.41) is 25.3. The normalized spacial score (nSPS) is 20.5. The molecule has 0 aliphatic carbocycles. The van der Waals surface area contributed by atoms with E-state index >= 15 is 0 Å². The molecular formula is C17H17ClN6O4S3.